The van der Waals surface area contributed by atoms with Gasteiger partial charge in [-0.1, -0.05) is 39.0 Å². The number of hydrogen-bond donors (Lipinski definition) is 1. The van der Waals surface area contributed by atoms with Gasteiger partial charge in [0.25, 0.3) is 5.91 Å². The molecule has 8 heteroatoms. The van der Waals surface area contributed by atoms with Crippen LogP contribution >= 0.6 is 15.9 Å². The zero-order chi connectivity index (χ0) is 24.6. The molecule has 1 unspecified atom stereocenters. The molecule has 0 spiro atoms. The van der Waals surface area contributed by atoms with Gasteiger partial charge in [0.2, 0.25) is 0 Å². The molecule has 1 aromatic heterocycles. The number of halogens is 3. The first-order valence-corrected chi connectivity index (χ1v) is 11.9. The number of ether oxygens (including phenoxy) is 1. The lowest BCUT2D eigenvalue weighted by atomic mass is 9.70. The van der Waals surface area contributed by atoms with Crippen LogP contribution in [0.5, 0.6) is 0 Å². The number of esters is 1. The number of fused-ring (bicyclic) bond motifs is 2. The van der Waals surface area contributed by atoms with Crippen molar-refractivity contribution >= 4 is 44.4 Å². The van der Waals surface area contributed by atoms with Gasteiger partial charge in [-0.15, -0.1) is 0 Å². The number of amides is 1. The molecule has 1 atom stereocenters. The van der Waals surface area contributed by atoms with Gasteiger partial charge < -0.3 is 10.1 Å². The highest BCUT2D eigenvalue weighted by Gasteiger charge is 2.33. The van der Waals surface area contributed by atoms with Crippen LogP contribution in [0.1, 0.15) is 48.8 Å². The molecule has 178 valence electrons. The SMILES string of the molecule is CC(C)(C)C1CCc2nc3ccccc3c(C(=O)OCC(=O)Nc3c(F)cc(F)cc3Br)c2C1. The van der Waals surface area contributed by atoms with Gasteiger partial charge >= 0.3 is 5.97 Å². The van der Waals surface area contributed by atoms with E-state index in [0.717, 1.165) is 30.2 Å². The van der Waals surface area contributed by atoms with Crippen LogP contribution in [-0.4, -0.2) is 23.5 Å². The number of carbonyl (C=O) groups excluding carboxylic acids is 2. The predicted octanol–water partition coefficient (Wildman–Crippen LogP) is 6.22. The monoisotopic (exact) mass is 530 g/mol. The van der Waals surface area contributed by atoms with Gasteiger partial charge in [0, 0.05) is 21.6 Å². The summed E-state index contributed by atoms with van der Waals surface area (Å²) in [6.45, 7) is 5.95. The van der Waals surface area contributed by atoms with E-state index < -0.39 is 30.1 Å². The van der Waals surface area contributed by atoms with Crippen LogP contribution in [0.4, 0.5) is 14.5 Å². The first-order valence-electron chi connectivity index (χ1n) is 11.1. The third kappa shape index (κ3) is 4.97. The topological polar surface area (TPSA) is 68.3 Å². The Morgan fingerprint density at radius 2 is 1.94 bits per heavy atom. The van der Waals surface area contributed by atoms with Gasteiger partial charge in [-0.3, -0.25) is 9.78 Å². The van der Waals surface area contributed by atoms with Crippen LogP contribution in [0.2, 0.25) is 0 Å². The first-order chi connectivity index (χ1) is 16.0. The van der Waals surface area contributed by atoms with Crippen molar-refractivity contribution in [1.82, 2.24) is 4.98 Å². The Bertz CT molecular complexity index is 1260. The Kier molecular flexibility index (Phi) is 6.71. The second kappa shape index (κ2) is 9.41. The Balaban J connectivity index is 1.60. The van der Waals surface area contributed by atoms with E-state index >= 15 is 0 Å². The minimum Gasteiger partial charge on any atom is -0.452 e. The third-order valence-corrected chi connectivity index (χ3v) is 6.92. The fourth-order valence-electron chi connectivity index (χ4n) is 4.40. The number of pyridine rings is 1. The number of aryl methyl sites for hydroxylation is 1. The molecule has 0 bridgehead atoms. The molecule has 3 aromatic rings. The van der Waals surface area contributed by atoms with E-state index in [1.165, 1.54) is 0 Å². The fourth-order valence-corrected chi connectivity index (χ4v) is 4.91. The van der Waals surface area contributed by atoms with Crippen molar-refractivity contribution in [3.63, 3.8) is 0 Å². The van der Waals surface area contributed by atoms with Gasteiger partial charge in [0.15, 0.2) is 12.4 Å². The summed E-state index contributed by atoms with van der Waals surface area (Å²) in [5, 5.41) is 3.00. The maximum absolute atomic E-state index is 14.0. The normalized spacial score (nSPS) is 15.6. The minimum absolute atomic E-state index is 0.0482. The highest BCUT2D eigenvalue weighted by Crippen LogP contribution is 2.39. The molecule has 2 aromatic carbocycles. The highest BCUT2D eigenvalue weighted by atomic mass is 79.9. The minimum atomic E-state index is -0.936. The Labute approximate surface area is 205 Å². The number of rotatable bonds is 4. The molecule has 0 fully saturated rings. The van der Waals surface area contributed by atoms with Crippen molar-refractivity contribution in [3.05, 3.63) is 69.3 Å². The highest BCUT2D eigenvalue weighted by molar-refractivity contribution is 9.10. The first kappa shape index (κ1) is 24.3. The molecule has 1 N–H and O–H groups in total. The largest absolute Gasteiger partial charge is 0.452 e. The van der Waals surface area contributed by atoms with Gasteiger partial charge in [0.1, 0.15) is 5.82 Å². The molecule has 1 amide bonds. The number of aromatic nitrogens is 1. The second-order valence-electron chi connectivity index (χ2n) is 9.60. The number of benzene rings is 2. The number of hydrogen-bond acceptors (Lipinski definition) is 4. The molecule has 34 heavy (non-hydrogen) atoms. The summed E-state index contributed by atoms with van der Waals surface area (Å²) < 4.78 is 32.7. The summed E-state index contributed by atoms with van der Waals surface area (Å²) in [5.74, 6) is -2.71. The summed E-state index contributed by atoms with van der Waals surface area (Å²) in [6, 6.07) is 9.06. The average Bonchev–Trinajstić information content (AvgIpc) is 2.77. The van der Waals surface area contributed by atoms with Crippen molar-refractivity contribution in [2.75, 3.05) is 11.9 Å². The van der Waals surface area contributed by atoms with Crippen molar-refractivity contribution < 1.29 is 23.1 Å². The van der Waals surface area contributed by atoms with Crippen LogP contribution in [0.3, 0.4) is 0 Å². The van der Waals surface area contributed by atoms with Crippen molar-refractivity contribution in [2.24, 2.45) is 11.3 Å². The van der Waals surface area contributed by atoms with Gasteiger partial charge in [0.05, 0.1) is 16.8 Å². The smallest absolute Gasteiger partial charge is 0.339 e. The number of nitrogens with one attached hydrogen (secondary N) is 1. The zero-order valence-corrected chi connectivity index (χ0v) is 20.8. The van der Waals surface area contributed by atoms with Crippen molar-refractivity contribution in [1.29, 1.82) is 0 Å². The molecule has 0 radical (unpaired) electrons. The summed E-state index contributed by atoms with van der Waals surface area (Å²) >= 11 is 3.02. The van der Waals surface area contributed by atoms with Gasteiger partial charge in [-0.05, 0) is 64.2 Å². The molecule has 0 aliphatic heterocycles. The van der Waals surface area contributed by atoms with Crippen LogP contribution < -0.4 is 5.32 Å². The molecule has 5 nitrogen and oxygen atoms in total. The van der Waals surface area contributed by atoms with Gasteiger partial charge in [-0.25, -0.2) is 13.6 Å². The average molecular weight is 531 g/mol. The van der Waals surface area contributed by atoms with E-state index in [9.17, 15) is 18.4 Å². The lowest BCUT2D eigenvalue weighted by molar-refractivity contribution is -0.119. The number of anilines is 1. The number of para-hydroxylation sites is 1. The Morgan fingerprint density at radius 3 is 2.65 bits per heavy atom. The lowest BCUT2D eigenvalue weighted by Gasteiger charge is -2.35. The van der Waals surface area contributed by atoms with Crippen molar-refractivity contribution in [3.8, 4) is 0 Å². The maximum atomic E-state index is 14.0. The lowest BCUT2D eigenvalue weighted by Crippen LogP contribution is -2.29. The van der Waals surface area contributed by atoms with Crippen LogP contribution in [0.25, 0.3) is 10.9 Å². The van der Waals surface area contributed by atoms with Crippen LogP contribution in [0, 0.1) is 23.0 Å². The molecular weight excluding hydrogens is 506 g/mol. The zero-order valence-electron chi connectivity index (χ0n) is 19.2. The van der Waals surface area contributed by atoms with E-state index in [4.69, 9.17) is 9.72 Å². The van der Waals surface area contributed by atoms with Crippen molar-refractivity contribution in [2.45, 2.75) is 40.0 Å². The van der Waals surface area contributed by atoms with E-state index in [2.05, 4.69) is 42.0 Å². The molecule has 0 saturated carbocycles. The number of nitrogens with zero attached hydrogens (tertiary/aromatic N) is 1. The quantitative estimate of drug-likeness (QED) is 0.406. The Hall–Kier alpha value is -2.87. The molecule has 1 heterocycles. The summed E-state index contributed by atoms with van der Waals surface area (Å²) in [6.07, 6.45) is 2.44. The van der Waals surface area contributed by atoms with E-state index in [-0.39, 0.29) is 15.6 Å². The van der Waals surface area contributed by atoms with Crippen LogP contribution in [-0.2, 0) is 22.4 Å². The van der Waals surface area contributed by atoms with Crippen LogP contribution in [0.15, 0.2) is 40.9 Å². The standard InChI is InChI=1S/C26H25BrF2N2O3/c1-26(2,3)14-8-9-21-17(10-14)23(16-6-4-5-7-20(16)30-21)25(33)34-13-22(32)31-24-18(27)11-15(28)12-19(24)29/h4-7,11-12,14H,8-10,13H2,1-3H3,(H,31,32). The van der Waals surface area contributed by atoms with Gasteiger partial charge in [-0.2, -0.15) is 0 Å². The summed E-state index contributed by atoms with van der Waals surface area (Å²) in [4.78, 5) is 30.4. The van der Waals surface area contributed by atoms with E-state index in [0.29, 0.717) is 34.9 Å². The van der Waals surface area contributed by atoms with E-state index in [1.54, 1.807) is 0 Å². The molecule has 4 rings (SSSR count). The third-order valence-electron chi connectivity index (χ3n) is 6.29. The fraction of sp³-hybridized carbons (Fsp3) is 0.346. The predicted molar refractivity (Wildman–Crippen MR) is 130 cm³/mol. The molecule has 1 aliphatic carbocycles. The molecule has 0 saturated heterocycles. The molecule has 1 aliphatic rings. The summed E-state index contributed by atoms with van der Waals surface area (Å²) in [7, 11) is 0. The number of carbonyl (C=O) groups is 2. The summed E-state index contributed by atoms with van der Waals surface area (Å²) in [5.41, 5.74) is 2.72. The van der Waals surface area contributed by atoms with E-state index in [1.807, 2.05) is 24.3 Å². The molecular formula is C26H25BrF2N2O3. The second-order valence-corrected chi connectivity index (χ2v) is 10.5. The maximum Gasteiger partial charge on any atom is 0.339 e. The Morgan fingerprint density at radius 1 is 1.21 bits per heavy atom.